The van der Waals surface area contributed by atoms with Crippen molar-refractivity contribution in [3.05, 3.63) is 0 Å². The summed E-state index contributed by atoms with van der Waals surface area (Å²) in [5.74, 6) is 0.0717. The van der Waals surface area contributed by atoms with E-state index in [0.717, 1.165) is 19.6 Å². The molecule has 12 heavy (non-hydrogen) atoms. The van der Waals surface area contributed by atoms with Gasteiger partial charge in [0.15, 0.2) is 0 Å². The molecule has 0 aromatic rings. The smallest absolute Gasteiger partial charge is 0.136 e. The number of hydrogen-bond donors (Lipinski definition) is 1. The fourth-order valence-electron chi connectivity index (χ4n) is 0.945. The van der Waals surface area contributed by atoms with Crippen LogP contribution in [0.25, 0.3) is 0 Å². The minimum absolute atomic E-state index is 0.0717. The van der Waals surface area contributed by atoms with Crippen LogP contribution >= 0.6 is 12.6 Å². The molecule has 0 aliphatic rings. The van der Waals surface area contributed by atoms with E-state index in [1.54, 1.807) is 0 Å². The summed E-state index contributed by atoms with van der Waals surface area (Å²) >= 11 is 4.46. The van der Waals surface area contributed by atoms with Crippen molar-refractivity contribution < 1.29 is 9.47 Å². The van der Waals surface area contributed by atoms with Gasteiger partial charge in [0.1, 0.15) is 15.4 Å². The highest BCUT2D eigenvalue weighted by Crippen LogP contribution is 2.03. The van der Waals surface area contributed by atoms with Crippen molar-refractivity contribution in [2.24, 2.45) is 0 Å². The lowest BCUT2D eigenvalue weighted by atomic mass is 10.6. The molecule has 2 nitrogen and oxygen atoms in total. The molecule has 0 radical (unpaired) electrons. The van der Waals surface area contributed by atoms with Crippen molar-refractivity contribution >= 4 is 22.1 Å². The second kappa shape index (κ2) is 8.10. The molecule has 1 unspecified atom stereocenters. The van der Waals surface area contributed by atoms with E-state index in [1.807, 2.05) is 13.8 Å². The molecule has 0 spiro atoms. The lowest BCUT2D eigenvalue weighted by Crippen LogP contribution is -2.30. The molecule has 0 bridgehead atoms. The zero-order valence-corrected chi connectivity index (χ0v) is 10.6. The normalized spacial score (nSPS) is 14.8. The van der Waals surface area contributed by atoms with Gasteiger partial charge in [-0.1, -0.05) is 6.92 Å². The van der Waals surface area contributed by atoms with Gasteiger partial charge in [-0.2, -0.15) is 12.6 Å². The van der Waals surface area contributed by atoms with Gasteiger partial charge in [0.2, 0.25) is 0 Å². The summed E-state index contributed by atoms with van der Waals surface area (Å²) in [6, 6.07) is 0. The molecule has 0 amide bonds. The molecule has 0 aliphatic heterocycles. The Morgan fingerprint density at radius 3 is 2.00 bits per heavy atom. The van der Waals surface area contributed by atoms with Gasteiger partial charge < -0.3 is 9.47 Å². The molecule has 0 saturated carbocycles. The molecule has 0 aliphatic carbocycles. The first-order chi connectivity index (χ1) is 5.74. The van der Waals surface area contributed by atoms with Crippen LogP contribution < -0.4 is 0 Å². The minimum atomic E-state index is -0.353. The summed E-state index contributed by atoms with van der Waals surface area (Å²) in [5, 5.41) is 0. The van der Waals surface area contributed by atoms with Crippen LogP contribution in [0.1, 0.15) is 27.2 Å². The Morgan fingerprint density at radius 1 is 1.17 bits per heavy atom. The molecular weight excluding hydrogens is 188 g/mol. The quantitative estimate of drug-likeness (QED) is 0.385. The maximum absolute atomic E-state index is 5.45. The van der Waals surface area contributed by atoms with E-state index in [4.69, 9.17) is 9.47 Å². The van der Waals surface area contributed by atoms with Gasteiger partial charge in [-0.25, -0.2) is 0 Å². The van der Waals surface area contributed by atoms with Crippen molar-refractivity contribution in [2.45, 2.75) is 38.0 Å². The third-order valence-electron chi connectivity index (χ3n) is 1.64. The maximum atomic E-state index is 5.45. The Labute approximate surface area is 83.3 Å². The van der Waals surface area contributed by atoms with E-state index in [2.05, 4.69) is 19.6 Å². The Kier molecular flexibility index (Phi) is 8.43. The first kappa shape index (κ1) is 12.5. The van der Waals surface area contributed by atoms with Gasteiger partial charge in [-0.3, -0.25) is 0 Å². The highest BCUT2D eigenvalue weighted by molar-refractivity contribution is 7.82. The van der Waals surface area contributed by atoms with Crippen molar-refractivity contribution in [1.82, 2.24) is 0 Å². The van der Waals surface area contributed by atoms with E-state index in [0.29, 0.717) is 4.87 Å². The lowest BCUT2D eigenvalue weighted by Gasteiger charge is -2.18. The average molecular weight is 208 g/mol. The van der Waals surface area contributed by atoms with Crippen LogP contribution in [-0.4, -0.2) is 33.5 Å². The molecular formula is C8H20O2SSi. The van der Waals surface area contributed by atoms with E-state index < -0.39 is 0 Å². The third kappa shape index (κ3) is 6.05. The number of ether oxygens (including phenoxy) is 2. The van der Waals surface area contributed by atoms with Crippen LogP contribution in [-0.2, 0) is 9.47 Å². The van der Waals surface area contributed by atoms with Gasteiger partial charge >= 0.3 is 0 Å². The van der Waals surface area contributed by atoms with Crippen LogP contribution in [0.3, 0.4) is 0 Å². The number of thiol groups is 1. The summed E-state index contributed by atoms with van der Waals surface area (Å²) in [6.07, 6.45) is 1.12. The highest BCUT2D eigenvalue weighted by Gasteiger charge is 2.12. The van der Waals surface area contributed by atoms with Gasteiger partial charge in [-0.05, 0) is 25.1 Å². The van der Waals surface area contributed by atoms with Crippen LogP contribution in [0.2, 0.25) is 0 Å². The third-order valence-corrected chi connectivity index (χ3v) is 4.62. The van der Waals surface area contributed by atoms with Crippen molar-refractivity contribution in [3.63, 3.8) is 0 Å². The van der Waals surface area contributed by atoms with Crippen LogP contribution in [0, 0.1) is 0 Å². The van der Waals surface area contributed by atoms with Gasteiger partial charge in [0, 0.05) is 13.2 Å². The highest BCUT2D eigenvalue weighted by atomic mass is 32.1. The van der Waals surface area contributed by atoms with Crippen LogP contribution in [0.5, 0.6) is 0 Å². The Balaban J connectivity index is 3.61. The molecule has 0 heterocycles. The van der Waals surface area contributed by atoms with E-state index >= 15 is 0 Å². The van der Waals surface area contributed by atoms with Gasteiger partial charge in [-0.15, -0.1) is 0 Å². The zero-order valence-electron chi connectivity index (χ0n) is 8.25. The molecule has 0 saturated heterocycles. The predicted molar refractivity (Wildman–Crippen MR) is 58.6 cm³/mol. The zero-order chi connectivity index (χ0) is 9.40. The summed E-state index contributed by atoms with van der Waals surface area (Å²) in [7, 11) is -0.353. The van der Waals surface area contributed by atoms with Crippen molar-refractivity contribution in [1.29, 1.82) is 0 Å². The number of rotatable bonds is 7. The fraction of sp³-hybridized carbons (Fsp3) is 1.00. The Morgan fingerprint density at radius 2 is 1.67 bits per heavy atom. The standard InChI is InChI=1S/C8H20O2SSi/c1-4-7(11)12-8(9-5-2)10-6-3/h7-8,11H,4-6,12H2,1-3H3. The predicted octanol–water partition coefficient (Wildman–Crippen LogP) is 1.18. The average Bonchev–Trinajstić information content (AvgIpc) is 2.05. The summed E-state index contributed by atoms with van der Waals surface area (Å²) in [6.45, 7) is 7.63. The molecule has 0 rings (SSSR count). The van der Waals surface area contributed by atoms with E-state index in [9.17, 15) is 0 Å². The minimum Gasteiger partial charge on any atom is -0.357 e. The largest absolute Gasteiger partial charge is 0.357 e. The second-order valence-electron chi connectivity index (χ2n) is 2.64. The van der Waals surface area contributed by atoms with Crippen molar-refractivity contribution in [3.8, 4) is 0 Å². The number of hydrogen-bond acceptors (Lipinski definition) is 3. The van der Waals surface area contributed by atoms with E-state index in [-0.39, 0.29) is 15.4 Å². The summed E-state index contributed by atoms with van der Waals surface area (Å²) in [5.41, 5.74) is 0. The second-order valence-corrected chi connectivity index (χ2v) is 6.18. The van der Waals surface area contributed by atoms with Gasteiger partial charge in [0.05, 0.1) is 0 Å². The molecule has 1 atom stereocenters. The van der Waals surface area contributed by atoms with Gasteiger partial charge in [0.25, 0.3) is 0 Å². The van der Waals surface area contributed by atoms with Crippen molar-refractivity contribution in [2.75, 3.05) is 13.2 Å². The topological polar surface area (TPSA) is 18.5 Å². The first-order valence-corrected chi connectivity index (χ1v) is 6.80. The SMILES string of the molecule is CCOC(OCC)[SiH2]C(S)CC. The fourth-order valence-corrected chi connectivity index (χ4v) is 2.98. The maximum Gasteiger partial charge on any atom is 0.136 e. The molecule has 0 N–H and O–H groups in total. The molecule has 0 fully saturated rings. The Bertz CT molecular complexity index is 97.1. The molecule has 0 aromatic heterocycles. The van der Waals surface area contributed by atoms with Crippen LogP contribution in [0.4, 0.5) is 0 Å². The molecule has 74 valence electrons. The van der Waals surface area contributed by atoms with Crippen LogP contribution in [0.15, 0.2) is 0 Å². The summed E-state index contributed by atoms with van der Waals surface area (Å²) in [4.78, 5) is 0.521. The Hall–Kier alpha value is 0.487. The monoisotopic (exact) mass is 208 g/mol. The molecule has 0 aromatic carbocycles. The molecule has 4 heteroatoms. The first-order valence-electron chi connectivity index (χ1n) is 4.65. The lowest BCUT2D eigenvalue weighted by molar-refractivity contribution is -0.0828. The van der Waals surface area contributed by atoms with E-state index in [1.165, 1.54) is 0 Å². The summed E-state index contributed by atoms with van der Waals surface area (Å²) < 4.78 is 10.9.